The highest BCUT2D eigenvalue weighted by molar-refractivity contribution is 6.16. The smallest absolute Gasteiger partial charge is 0.273 e. The maximum Gasteiger partial charge on any atom is 0.417 e. The third-order valence-electron chi connectivity index (χ3n) is 3.70. The second-order valence-electron chi connectivity index (χ2n) is 5.61. The summed E-state index contributed by atoms with van der Waals surface area (Å²) in [5, 5.41) is 0. The summed E-state index contributed by atoms with van der Waals surface area (Å²) in [4.78, 5) is 4.55. The SMILES string of the molecule is CC1(C)N=C(c2ccccc2)c2c(C(F)(F)F)cccc21. The topological polar surface area (TPSA) is 12.4 Å². The lowest BCUT2D eigenvalue weighted by molar-refractivity contribution is -0.137. The van der Waals surface area contributed by atoms with E-state index >= 15 is 0 Å². The van der Waals surface area contributed by atoms with Gasteiger partial charge in [-0.2, -0.15) is 13.2 Å². The molecule has 0 aliphatic carbocycles. The highest BCUT2D eigenvalue weighted by Crippen LogP contribution is 2.43. The zero-order valence-corrected chi connectivity index (χ0v) is 11.7. The number of nitrogens with zero attached hydrogens (tertiary/aromatic N) is 1. The van der Waals surface area contributed by atoms with E-state index < -0.39 is 17.3 Å². The molecule has 0 saturated heterocycles. The first-order valence-corrected chi connectivity index (χ1v) is 6.67. The van der Waals surface area contributed by atoms with Crippen molar-refractivity contribution in [2.24, 2.45) is 4.99 Å². The van der Waals surface area contributed by atoms with Crippen molar-refractivity contribution in [1.82, 2.24) is 0 Å². The van der Waals surface area contributed by atoms with Crippen LogP contribution in [0.25, 0.3) is 0 Å². The molecule has 1 aliphatic rings. The van der Waals surface area contributed by atoms with Crippen LogP contribution < -0.4 is 0 Å². The van der Waals surface area contributed by atoms with Gasteiger partial charge in [0, 0.05) is 11.1 Å². The fraction of sp³-hybridized carbons (Fsp3) is 0.235. The first-order valence-electron chi connectivity index (χ1n) is 6.67. The fourth-order valence-corrected chi connectivity index (χ4v) is 2.75. The van der Waals surface area contributed by atoms with Crippen LogP contribution >= 0.6 is 0 Å². The van der Waals surface area contributed by atoms with E-state index in [4.69, 9.17) is 0 Å². The Morgan fingerprint density at radius 2 is 1.57 bits per heavy atom. The van der Waals surface area contributed by atoms with Crippen molar-refractivity contribution in [3.63, 3.8) is 0 Å². The van der Waals surface area contributed by atoms with Gasteiger partial charge in [-0.15, -0.1) is 0 Å². The van der Waals surface area contributed by atoms with Gasteiger partial charge in [-0.1, -0.05) is 42.5 Å². The van der Waals surface area contributed by atoms with Gasteiger partial charge in [-0.05, 0) is 25.5 Å². The second-order valence-corrected chi connectivity index (χ2v) is 5.61. The summed E-state index contributed by atoms with van der Waals surface area (Å²) >= 11 is 0. The van der Waals surface area contributed by atoms with Crippen molar-refractivity contribution in [3.8, 4) is 0 Å². The van der Waals surface area contributed by atoms with Crippen molar-refractivity contribution in [2.45, 2.75) is 25.6 Å². The van der Waals surface area contributed by atoms with E-state index in [0.29, 0.717) is 16.8 Å². The predicted molar refractivity (Wildman–Crippen MR) is 76.6 cm³/mol. The molecule has 4 heteroatoms. The van der Waals surface area contributed by atoms with Crippen LogP contribution in [0.3, 0.4) is 0 Å². The molecule has 1 heterocycles. The van der Waals surface area contributed by atoms with Gasteiger partial charge in [0.2, 0.25) is 0 Å². The van der Waals surface area contributed by atoms with Crippen molar-refractivity contribution < 1.29 is 13.2 Å². The van der Waals surface area contributed by atoms with E-state index in [9.17, 15) is 13.2 Å². The first-order chi connectivity index (χ1) is 9.81. The van der Waals surface area contributed by atoms with E-state index in [1.54, 1.807) is 30.3 Å². The average Bonchev–Trinajstić information content (AvgIpc) is 2.71. The predicted octanol–water partition coefficient (Wildman–Crippen LogP) is 4.79. The van der Waals surface area contributed by atoms with Crippen LogP contribution in [0.4, 0.5) is 13.2 Å². The van der Waals surface area contributed by atoms with Gasteiger partial charge in [0.15, 0.2) is 0 Å². The summed E-state index contributed by atoms with van der Waals surface area (Å²) in [6.45, 7) is 3.67. The van der Waals surface area contributed by atoms with Crippen LogP contribution in [-0.2, 0) is 11.7 Å². The molecule has 108 valence electrons. The Balaban J connectivity index is 2.30. The largest absolute Gasteiger partial charge is 0.417 e. The molecule has 0 N–H and O–H groups in total. The molecule has 2 aromatic rings. The van der Waals surface area contributed by atoms with Crippen LogP contribution in [0.2, 0.25) is 0 Å². The van der Waals surface area contributed by atoms with E-state index in [0.717, 1.165) is 6.07 Å². The van der Waals surface area contributed by atoms with Crippen LogP contribution in [0, 0.1) is 0 Å². The van der Waals surface area contributed by atoms with Gasteiger partial charge in [0.05, 0.1) is 16.8 Å². The normalized spacial score (nSPS) is 16.5. The van der Waals surface area contributed by atoms with Crippen LogP contribution in [-0.4, -0.2) is 5.71 Å². The van der Waals surface area contributed by atoms with Gasteiger partial charge in [-0.3, -0.25) is 4.99 Å². The van der Waals surface area contributed by atoms with E-state index in [1.165, 1.54) is 6.07 Å². The number of hydrogen-bond donors (Lipinski definition) is 0. The van der Waals surface area contributed by atoms with Crippen molar-refractivity contribution in [3.05, 3.63) is 70.8 Å². The van der Waals surface area contributed by atoms with Gasteiger partial charge >= 0.3 is 6.18 Å². The molecule has 21 heavy (non-hydrogen) atoms. The molecule has 0 amide bonds. The first kappa shape index (κ1) is 13.9. The Morgan fingerprint density at radius 3 is 2.19 bits per heavy atom. The summed E-state index contributed by atoms with van der Waals surface area (Å²) in [5.74, 6) is 0. The minimum Gasteiger partial charge on any atom is -0.273 e. The third kappa shape index (κ3) is 2.24. The number of halogens is 3. The molecular formula is C17H14F3N. The number of rotatable bonds is 1. The third-order valence-corrected chi connectivity index (χ3v) is 3.70. The maximum atomic E-state index is 13.3. The van der Waals surface area contributed by atoms with Crippen molar-refractivity contribution in [2.75, 3.05) is 0 Å². The molecule has 2 aromatic carbocycles. The second kappa shape index (κ2) is 4.45. The van der Waals surface area contributed by atoms with Crippen molar-refractivity contribution >= 4 is 5.71 Å². The fourth-order valence-electron chi connectivity index (χ4n) is 2.75. The Labute approximate surface area is 121 Å². The summed E-state index contributed by atoms with van der Waals surface area (Å²) in [6.07, 6.45) is -4.39. The lowest BCUT2D eigenvalue weighted by atomic mass is 9.88. The molecule has 0 aromatic heterocycles. The van der Waals surface area contributed by atoms with Crippen LogP contribution in [0.15, 0.2) is 53.5 Å². The number of aliphatic imine (C=N–C) groups is 1. The minimum atomic E-state index is -4.39. The summed E-state index contributed by atoms with van der Waals surface area (Å²) in [7, 11) is 0. The summed E-state index contributed by atoms with van der Waals surface area (Å²) < 4.78 is 40.0. The van der Waals surface area contributed by atoms with Gasteiger partial charge in [0.25, 0.3) is 0 Å². The molecule has 1 nitrogen and oxygen atoms in total. The molecule has 0 unspecified atom stereocenters. The molecule has 0 atom stereocenters. The molecule has 1 aliphatic heterocycles. The Kier molecular flexibility index (Phi) is 2.94. The van der Waals surface area contributed by atoms with E-state index in [1.807, 2.05) is 19.9 Å². The molecule has 0 bridgehead atoms. The van der Waals surface area contributed by atoms with Crippen LogP contribution in [0.5, 0.6) is 0 Å². The van der Waals surface area contributed by atoms with Gasteiger partial charge < -0.3 is 0 Å². The van der Waals surface area contributed by atoms with E-state index in [-0.39, 0.29) is 5.56 Å². The average molecular weight is 289 g/mol. The standard InChI is InChI=1S/C17H14F3N/c1-16(2)12-9-6-10-13(17(18,19)20)14(12)15(21-16)11-7-4-3-5-8-11/h3-10H,1-2H3. The lowest BCUT2D eigenvalue weighted by Gasteiger charge is -2.18. The maximum absolute atomic E-state index is 13.3. The minimum absolute atomic E-state index is 0.209. The summed E-state index contributed by atoms with van der Waals surface area (Å²) in [6, 6.07) is 13.3. The molecule has 3 rings (SSSR count). The highest BCUT2D eigenvalue weighted by atomic mass is 19.4. The molecular weight excluding hydrogens is 275 g/mol. The zero-order chi connectivity index (χ0) is 15.3. The molecule has 0 spiro atoms. The number of alkyl halides is 3. The lowest BCUT2D eigenvalue weighted by Crippen LogP contribution is -2.15. The van der Waals surface area contributed by atoms with Gasteiger partial charge in [0.1, 0.15) is 0 Å². The quantitative estimate of drug-likeness (QED) is 0.715. The Hall–Kier alpha value is -2.10. The Bertz CT molecular complexity index is 713. The zero-order valence-electron chi connectivity index (χ0n) is 11.7. The highest BCUT2D eigenvalue weighted by Gasteiger charge is 2.41. The van der Waals surface area contributed by atoms with Crippen LogP contribution in [0.1, 0.15) is 36.1 Å². The molecule has 0 saturated carbocycles. The number of benzene rings is 2. The van der Waals surface area contributed by atoms with Gasteiger partial charge in [-0.25, -0.2) is 0 Å². The summed E-state index contributed by atoms with van der Waals surface area (Å²) in [5.41, 5.74) is 0.692. The monoisotopic (exact) mass is 289 g/mol. The number of hydrogen-bond acceptors (Lipinski definition) is 1. The molecule has 0 radical (unpaired) electrons. The Morgan fingerprint density at radius 1 is 0.905 bits per heavy atom. The van der Waals surface area contributed by atoms with E-state index in [2.05, 4.69) is 4.99 Å². The number of fused-ring (bicyclic) bond motifs is 1. The van der Waals surface area contributed by atoms with Crippen molar-refractivity contribution in [1.29, 1.82) is 0 Å². The molecule has 0 fully saturated rings.